The predicted octanol–water partition coefficient (Wildman–Crippen LogP) is 3.78. The van der Waals surface area contributed by atoms with E-state index in [2.05, 4.69) is 18.0 Å². The van der Waals surface area contributed by atoms with E-state index < -0.39 is 0 Å². The number of fused-ring (bicyclic) bond motifs is 1. The van der Waals surface area contributed by atoms with Crippen molar-refractivity contribution < 1.29 is 9.53 Å². The summed E-state index contributed by atoms with van der Waals surface area (Å²) in [6.45, 7) is 2.74. The molecule has 3 nitrogen and oxygen atoms in total. The number of carbonyl (C=O) groups excluding carboxylic acids is 1. The van der Waals surface area contributed by atoms with Gasteiger partial charge >= 0.3 is 0 Å². The van der Waals surface area contributed by atoms with Crippen LogP contribution in [0.4, 0.5) is 0 Å². The van der Waals surface area contributed by atoms with E-state index in [0.29, 0.717) is 12.2 Å². The molecule has 1 heterocycles. The van der Waals surface area contributed by atoms with Crippen LogP contribution in [0.2, 0.25) is 0 Å². The lowest BCUT2D eigenvalue weighted by molar-refractivity contribution is 0.0957. The molecule has 0 N–H and O–H groups in total. The lowest BCUT2D eigenvalue weighted by atomic mass is 9.95. The Labute approximate surface area is 125 Å². The fraction of sp³-hybridized carbons (Fsp3) is 0.333. The van der Waals surface area contributed by atoms with Gasteiger partial charge in [-0.2, -0.15) is 0 Å². The van der Waals surface area contributed by atoms with E-state index in [0.717, 1.165) is 30.7 Å². The highest BCUT2D eigenvalue weighted by Gasteiger charge is 2.30. The van der Waals surface area contributed by atoms with Gasteiger partial charge in [-0.1, -0.05) is 25.1 Å². The third-order valence-corrected chi connectivity index (χ3v) is 3.87. The van der Waals surface area contributed by atoms with Crippen LogP contribution in [0.1, 0.15) is 47.3 Å². The monoisotopic (exact) mass is 281 g/mol. The Morgan fingerprint density at radius 1 is 1.33 bits per heavy atom. The van der Waals surface area contributed by atoms with Crippen molar-refractivity contribution in [3.8, 4) is 5.75 Å². The third-order valence-electron chi connectivity index (χ3n) is 3.87. The summed E-state index contributed by atoms with van der Waals surface area (Å²) in [5.74, 6) is 0.805. The zero-order valence-corrected chi connectivity index (χ0v) is 12.2. The number of pyridine rings is 1. The summed E-state index contributed by atoms with van der Waals surface area (Å²) in [6, 6.07) is 11.5. The van der Waals surface area contributed by atoms with Gasteiger partial charge in [-0.3, -0.25) is 9.78 Å². The maximum atomic E-state index is 12.7. The minimum atomic E-state index is -0.109. The van der Waals surface area contributed by atoms with Crippen LogP contribution in [0, 0.1) is 0 Å². The van der Waals surface area contributed by atoms with Crippen molar-refractivity contribution in [1.29, 1.82) is 0 Å². The van der Waals surface area contributed by atoms with Crippen molar-refractivity contribution in [2.75, 3.05) is 6.61 Å². The number of rotatable bonds is 5. The molecule has 3 heteroatoms. The fourth-order valence-electron chi connectivity index (χ4n) is 2.83. The van der Waals surface area contributed by atoms with Crippen LogP contribution in [0.25, 0.3) is 0 Å². The maximum Gasteiger partial charge on any atom is 0.172 e. The second-order valence-electron chi connectivity index (χ2n) is 5.38. The molecule has 3 rings (SSSR count). The van der Waals surface area contributed by atoms with Crippen molar-refractivity contribution in [2.24, 2.45) is 0 Å². The average molecular weight is 281 g/mol. The molecule has 1 aliphatic rings. The number of Topliss-reactive ketones (excluding diaryl/α,β-unsaturated/α-hetero) is 1. The van der Waals surface area contributed by atoms with Crippen molar-refractivity contribution in [3.63, 3.8) is 0 Å². The highest BCUT2D eigenvalue weighted by atomic mass is 16.5. The topological polar surface area (TPSA) is 39.2 Å². The van der Waals surface area contributed by atoms with E-state index in [1.165, 1.54) is 5.56 Å². The second kappa shape index (κ2) is 6.08. The van der Waals surface area contributed by atoms with Gasteiger partial charge in [0.25, 0.3) is 0 Å². The van der Waals surface area contributed by atoms with Gasteiger partial charge in [0, 0.05) is 11.8 Å². The smallest absolute Gasteiger partial charge is 0.172 e. The summed E-state index contributed by atoms with van der Waals surface area (Å²) in [4.78, 5) is 17.1. The maximum absolute atomic E-state index is 12.7. The molecule has 0 radical (unpaired) electrons. The highest BCUT2D eigenvalue weighted by molar-refractivity contribution is 6.01. The Morgan fingerprint density at radius 3 is 3.10 bits per heavy atom. The minimum Gasteiger partial charge on any atom is -0.494 e. The molecule has 2 aromatic rings. The van der Waals surface area contributed by atoms with Crippen LogP contribution in [0.15, 0.2) is 42.6 Å². The molecule has 0 saturated heterocycles. The third kappa shape index (κ3) is 2.82. The molecule has 21 heavy (non-hydrogen) atoms. The van der Waals surface area contributed by atoms with Gasteiger partial charge in [0.1, 0.15) is 5.75 Å². The van der Waals surface area contributed by atoms with Gasteiger partial charge < -0.3 is 4.74 Å². The molecule has 1 aliphatic carbocycles. The zero-order chi connectivity index (χ0) is 14.7. The zero-order valence-electron chi connectivity index (χ0n) is 12.2. The molecular weight excluding hydrogens is 262 g/mol. The van der Waals surface area contributed by atoms with Crippen molar-refractivity contribution in [2.45, 2.75) is 32.1 Å². The molecule has 1 unspecified atom stereocenters. The first-order valence-electron chi connectivity index (χ1n) is 7.50. The molecular formula is C18H19NO2. The van der Waals surface area contributed by atoms with Gasteiger partial charge in [0.05, 0.1) is 18.2 Å². The SMILES string of the molecule is CCCOc1cccc(C(=O)C2CCc3cccnc32)c1. The van der Waals surface area contributed by atoms with E-state index in [-0.39, 0.29) is 11.7 Å². The van der Waals surface area contributed by atoms with Gasteiger partial charge in [-0.05, 0) is 43.0 Å². The van der Waals surface area contributed by atoms with Gasteiger partial charge in [0.15, 0.2) is 5.78 Å². The molecule has 0 aliphatic heterocycles. The number of hydrogen-bond donors (Lipinski definition) is 0. The summed E-state index contributed by atoms with van der Waals surface area (Å²) < 4.78 is 5.61. The number of nitrogens with zero attached hydrogens (tertiary/aromatic N) is 1. The van der Waals surface area contributed by atoms with Crippen LogP contribution in [-0.4, -0.2) is 17.4 Å². The summed E-state index contributed by atoms with van der Waals surface area (Å²) in [5.41, 5.74) is 2.86. The Morgan fingerprint density at radius 2 is 2.24 bits per heavy atom. The molecule has 0 saturated carbocycles. The van der Waals surface area contributed by atoms with Gasteiger partial charge in [-0.25, -0.2) is 0 Å². The van der Waals surface area contributed by atoms with Crippen LogP contribution < -0.4 is 4.74 Å². The van der Waals surface area contributed by atoms with Crippen LogP contribution >= 0.6 is 0 Å². The average Bonchev–Trinajstić information content (AvgIpc) is 2.96. The molecule has 0 bridgehead atoms. The standard InChI is InChI=1S/C18H19NO2/c1-2-11-21-15-7-3-5-14(12-15)18(20)16-9-8-13-6-4-10-19-17(13)16/h3-7,10,12,16H,2,8-9,11H2,1H3. The largest absolute Gasteiger partial charge is 0.494 e. The first-order valence-corrected chi connectivity index (χ1v) is 7.50. The normalized spacial score (nSPS) is 16.5. The first kappa shape index (κ1) is 13.8. The molecule has 0 spiro atoms. The van der Waals surface area contributed by atoms with Crippen molar-refractivity contribution in [1.82, 2.24) is 4.98 Å². The van der Waals surface area contributed by atoms with E-state index in [9.17, 15) is 4.79 Å². The summed E-state index contributed by atoms with van der Waals surface area (Å²) in [7, 11) is 0. The number of ketones is 1. The van der Waals surface area contributed by atoms with Crippen LogP contribution in [-0.2, 0) is 6.42 Å². The Kier molecular flexibility index (Phi) is 4.00. The Bertz CT molecular complexity index is 651. The van der Waals surface area contributed by atoms with Gasteiger partial charge in [0.2, 0.25) is 0 Å². The van der Waals surface area contributed by atoms with Gasteiger partial charge in [-0.15, -0.1) is 0 Å². The summed E-state index contributed by atoms with van der Waals surface area (Å²) in [5, 5.41) is 0. The van der Waals surface area contributed by atoms with Crippen LogP contribution in [0.5, 0.6) is 5.75 Å². The van der Waals surface area contributed by atoms with E-state index >= 15 is 0 Å². The predicted molar refractivity (Wildman–Crippen MR) is 81.9 cm³/mol. The lowest BCUT2D eigenvalue weighted by Gasteiger charge is -2.11. The fourth-order valence-corrected chi connectivity index (χ4v) is 2.83. The summed E-state index contributed by atoms with van der Waals surface area (Å²) >= 11 is 0. The Balaban J connectivity index is 1.83. The number of carbonyl (C=O) groups is 1. The highest BCUT2D eigenvalue weighted by Crippen LogP contribution is 2.34. The second-order valence-corrected chi connectivity index (χ2v) is 5.38. The van der Waals surface area contributed by atoms with Crippen LogP contribution in [0.3, 0.4) is 0 Å². The molecule has 1 atom stereocenters. The van der Waals surface area contributed by atoms with E-state index in [1.807, 2.05) is 30.3 Å². The number of benzene rings is 1. The molecule has 1 aromatic carbocycles. The number of hydrogen-bond acceptors (Lipinski definition) is 3. The minimum absolute atomic E-state index is 0.109. The quantitative estimate of drug-likeness (QED) is 0.783. The molecule has 0 fully saturated rings. The number of ether oxygens (including phenoxy) is 1. The van der Waals surface area contributed by atoms with E-state index in [1.54, 1.807) is 6.20 Å². The molecule has 108 valence electrons. The molecule has 1 aromatic heterocycles. The first-order chi connectivity index (χ1) is 10.3. The lowest BCUT2D eigenvalue weighted by Crippen LogP contribution is -2.11. The van der Waals surface area contributed by atoms with Crippen molar-refractivity contribution in [3.05, 3.63) is 59.4 Å². The van der Waals surface area contributed by atoms with Crippen molar-refractivity contribution >= 4 is 5.78 Å². The number of aryl methyl sites for hydroxylation is 1. The number of aromatic nitrogens is 1. The van der Waals surface area contributed by atoms with E-state index in [4.69, 9.17) is 4.74 Å². The molecule has 0 amide bonds. The summed E-state index contributed by atoms with van der Waals surface area (Å²) in [6.07, 6.45) is 4.51. The Hall–Kier alpha value is -2.16.